The lowest BCUT2D eigenvalue weighted by atomic mass is 9.99. The Labute approximate surface area is 149 Å². The third kappa shape index (κ3) is 4.03. The zero-order chi connectivity index (χ0) is 17.9. The molecule has 1 amide bonds. The molecule has 1 unspecified atom stereocenters. The van der Waals surface area contributed by atoms with Gasteiger partial charge in [-0.3, -0.25) is 4.79 Å². The molecule has 0 fully saturated rings. The van der Waals surface area contributed by atoms with Crippen LogP contribution >= 0.6 is 15.9 Å². The number of nitrogens with two attached hydrogens (primary N) is 2. The summed E-state index contributed by atoms with van der Waals surface area (Å²) in [5.41, 5.74) is 13.4. The largest absolute Gasteiger partial charge is 0.486 e. The highest BCUT2D eigenvalue weighted by molar-refractivity contribution is 9.10. The van der Waals surface area contributed by atoms with Crippen LogP contribution in [0.4, 0.5) is 5.95 Å². The second-order valence-electron chi connectivity index (χ2n) is 5.64. The van der Waals surface area contributed by atoms with Gasteiger partial charge in [-0.05, 0) is 52.9 Å². The fourth-order valence-electron chi connectivity index (χ4n) is 2.40. The summed E-state index contributed by atoms with van der Waals surface area (Å²) in [6.07, 6.45) is 1.06. The van der Waals surface area contributed by atoms with E-state index in [2.05, 4.69) is 39.7 Å². The number of ether oxygens (including phenoxy) is 1. The maximum Gasteiger partial charge on any atom is 0.252 e. The first-order valence-electron chi connectivity index (χ1n) is 7.68. The van der Waals surface area contributed by atoms with Crippen molar-refractivity contribution in [1.29, 1.82) is 0 Å². The fourth-order valence-corrected chi connectivity index (χ4v) is 2.91. The number of aryl methyl sites for hydroxylation is 1. The smallest absolute Gasteiger partial charge is 0.252 e. The number of carbonyl (C=O) groups is 1. The number of benzene rings is 1. The number of hydrogen-bond acceptors (Lipinski definition) is 5. The van der Waals surface area contributed by atoms with E-state index < -0.39 is 5.91 Å². The Kier molecular flexibility index (Phi) is 5.77. The first-order chi connectivity index (χ1) is 11.3. The molecule has 7 heteroatoms. The highest BCUT2D eigenvalue weighted by Crippen LogP contribution is 2.30. The minimum atomic E-state index is -0.600. The van der Waals surface area contributed by atoms with Crippen LogP contribution < -0.4 is 16.2 Å². The standard InChI is InChI=1S/C17H21BrN4O2/c1-4-9(2)11-5-6-14(12(18)7-11)24-8-13-15(16(19)23)10(3)21-17(20)22-13/h5-7,9H,4,8H2,1-3H3,(H2,19,23)(H2,20,21,22). The van der Waals surface area contributed by atoms with Crippen molar-refractivity contribution in [1.82, 2.24) is 9.97 Å². The maximum absolute atomic E-state index is 11.6. The number of anilines is 1. The van der Waals surface area contributed by atoms with E-state index in [0.29, 0.717) is 23.1 Å². The molecule has 2 aromatic rings. The normalized spacial score (nSPS) is 12.0. The van der Waals surface area contributed by atoms with Crippen LogP contribution in [0.5, 0.6) is 5.75 Å². The van der Waals surface area contributed by atoms with Crippen LogP contribution in [0.25, 0.3) is 0 Å². The summed E-state index contributed by atoms with van der Waals surface area (Å²) in [5.74, 6) is 0.619. The molecule has 0 radical (unpaired) electrons. The van der Waals surface area contributed by atoms with Gasteiger partial charge in [0.25, 0.3) is 5.91 Å². The molecule has 1 atom stereocenters. The Bertz CT molecular complexity index is 764. The van der Waals surface area contributed by atoms with Crippen LogP contribution in [0, 0.1) is 6.92 Å². The van der Waals surface area contributed by atoms with Crippen molar-refractivity contribution >= 4 is 27.8 Å². The van der Waals surface area contributed by atoms with Gasteiger partial charge >= 0.3 is 0 Å². The van der Waals surface area contributed by atoms with Crippen molar-refractivity contribution in [3.05, 3.63) is 45.2 Å². The lowest BCUT2D eigenvalue weighted by Crippen LogP contribution is -2.20. The molecule has 4 N–H and O–H groups in total. The van der Waals surface area contributed by atoms with Gasteiger partial charge in [0.15, 0.2) is 0 Å². The van der Waals surface area contributed by atoms with Crippen LogP contribution in [0.3, 0.4) is 0 Å². The number of nitrogens with zero attached hydrogens (tertiary/aromatic N) is 2. The van der Waals surface area contributed by atoms with Gasteiger partial charge < -0.3 is 16.2 Å². The van der Waals surface area contributed by atoms with Gasteiger partial charge in [0.05, 0.1) is 21.4 Å². The van der Waals surface area contributed by atoms with Gasteiger partial charge in [0.2, 0.25) is 5.95 Å². The second-order valence-corrected chi connectivity index (χ2v) is 6.50. The molecule has 24 heavy (non-hydrogen) atoms. The monoisotopic (exact) mass is 392 g/mol. The quantitative estimate of drug-likeness (QED) is 0.784. The topological polar surface area (TPSA) is 104 Å². The molecule has 6 nitrogen and oxygen atoms in total. The van der Waals surface area contributed by atoms with Crippen LogP contribution in [0.15, 0.2) is 22.7 Å². The van der Waals surface area contributed by atoms with E-state index in [-0.39, 0.29) is 18.1 Å². The molecule has 2 rings (SSSR count). The zero-order valence-corrected chi connectivity index (χ0v) is 15.6. The van der Waals surface area contributed by atoms with Gasteiger partial charge in [-0.1, -0.05) is 19.9 Å². The van der Waals surface area contributed by atoms with Gasteiger partial charge in [-0.2, -0.15) is 0 Å². The van der Waals surface area contributed by atoms with Crippen molar-refractivity contribution in [3.63, 3.8) is 0 Å². The molecular weight excluding hydrogens is 372 g/mol. The van der Waals surface area contributed by atoms with Crippen LogP contribution in [0.1, 0.15) is 53.5 Å². The van der Waals surface area contributed by atoms with Crippen LogP contribution in [-0.2, 0) is 6.61 Å². The van der Waals surface area contributed by atoms with Crippen molar-refractivity contribution in [3.8, 4) is 5.75 Å². The molecule has 1 aromatic heterocycles. The number of aromatic nitrogens is 2. The predicted octanol–water partition coefficient (Wildman–Crippen LogP) is 3.32. The minimum Gasteiger partial charge on any atom is -0.486 e. The summed E-state index contributed by atoms with van der Waals surface area (Å²) < 4.78 is 6.64. The number of rotatable bonds is 6. The van der Waals surface area contributed by atoms with E-state index in [4.69, 9.17) is 16.2 Å². The average Bonchev–Trinajstić information content (AvgIpc) is 2.51. The molecule has 1 heterocycles. The Balaban J connectivity index is 2.24. The van der Waals surface area contributed by atoms with Crippen LogP contribution in [-0.4, -0.2) is 15.9 Å². The third-order valence-electron chi connectivity index (χ3n) is 3.93. The number of hydrogen-bond donors (Lipinski definition) is 2. The fraction of sp³-hybridized carbons (Fsp3) is 0.353. The number of amides is 1. The maximum atomic E-state index is 11.6. The van der Waals surface area contributed by atoms with Gasteiger partial charge in [-0.15, -0.1) is 0 Å². The Morgan fingerprint density at radius 2 is 2.08 bits per heavy atom. The van der Waals surface area contributed by atoms with E-state index in [1.807, 2.05) is 18.2 Å². The number of carbonyl (C=O) groups excluding carboxylic acids is 1. The minimum absolute atomic E-state index is 0.0765. The molecule has 0 aliphatic rings. The zero-order valence-electron chi connectivity index (χ0n) is 14.0. The van der Waals surface area contributed by atoms with E-state index in [1.54, 1.807) is 6.92 Å². The molecule has 0 bridgehead atoms. The van der Waals surface area contributed by atoms with Crippen molar-refractivity contribution in [2.75, 3.05) is 5.73 Å². The van der Waals surface area contributed by atoms with Gasteiger partial charge in [0, 0.05) is 0 Å². The molecule has 0 aliphatic heterocycles. The van der Waals surface area contributed by atoms with Crippen molar-refractivity contribution in [2.45, 2.75) is 39.7 Å². The molecule has 0 spiro atoms. The molecule has 0 saturated heterocycles. The van der Waals surface area contributed by atoms with E-state index >= 15 is 0 Å². The molecule has 1 aromatic carbocycles. The average molecular weight is 393 g/mol. The third-order valence-corrected chi connectivity index (χ3v) is 4.55. The molecular formula is C17H21BrN4O2. The predicted molar refractivity (Wildman–Crippen MR) is 96.9 cm³/mol. The van der Waals surface area contributed by atoms with Gasteiger partial charge in [-0.25, -0.2) is 9.97 Å². The summed E-state index contributed by atoms with van der Waals surface area (Å²) in [5, 5.41) is 0. The molecule has 128 valence electrons. The summed E-state index contributed by atoms with van der Waals surface area (Å²) in [6, 6.07) is 5.97. The van der Waals surface area contributed by atoms with E-state index in [0.717, 1.165) is 10.9 Å². The SMILES string of the molecule is CCC(C)c1ccc(OCc2nc(N)nc(C)c2C(N)=O)c(Br)c1. The first kappa shape index (κ1) is 18.2. The Hall–Kier alpha value is -2.15. The number of primary amides is 1. The highest BCUT2D eigenvalue weighted by atomic mass is 79.9. The Morgan fingerprint density at radius 3 is 2.67 bits per heavy atom. The van der Waals surface area contributed by atoms with Crippen molar-refractivity contribution < 1.29 is 9.53 Å². The lowest BCUT2D eigenvalue weighted by molar-refractivity contribution is 0.0996. The van der Waals surface area contributed by atoms with E-state index in [9.17, 15) is 4.79 Å². The highest BCUT2D eigenvalue weighted by Gasteiger charge is 2.17. The van der Waals surface area contributed by atoms with E-state index in [1.165, 1.54) is 5.56 Å². The summed E-state index contributed by atoms with van der Waals surface area (Å²) in [6.45, 7) is 6.07. The number of halogens is 1. The molecule has 0 saturated carbocycles. The lowest BCUT2D eigenvalue weighted by Gasteiger charge is -2.14. The summed E-state index contributed by atoms with van der Waals surface area (Å²) in [4.78, 5) is 19.7. The van der Waals surface area contributed by atoms with Crippen molar-refractivity contribution in [2.24, 2.45) is 5.73 Å². The van der Waals surface area contributed by atoms with Gasteiger partial charge in [0.1, 0.15) is 12.4 Å². The summed E-state index contributed by atoms with van der Waals surface area (Å²) >= 11 is 3.52. The van der Waals surface area contributed by atoms with Crippen LogP contribution in [0.2, 0.25) is 0 Å². The Morgan fingerprint density at radius 1 is 1.38 bits per heavy atom. The first-order valence-corrected chi connectivity index (χ1v) is 8.47. The number of nitrogen functional groups attached to an aromatic ring is 1. The summed E-state index contributed by atoms with van der Waals surface area (Å²) in [7, 11) is 0. The molecule has 0 aliphatic carbocycles. The second kappa shape index (κ2) is 7.61.